The van der Waals surface area contributed by atoms with Gasteiger partial charge < -0.3 is 4.90 Å². The average Bonchev–Trinajstić information content (AvgIpc) is 1.69. The molecule has 50 valence electrons. The van der Waals surface area contributed by atoms with Gasteiger partial charge in [-0.3, -0.25) is 0 Å². The van der Waals surface area contributed by atoms with Crippen molar-refractivity contribution in [2.24, 2.45) is 0 Å². The largest absolute Gasteiger partial charge is 3.00 e. The van der Waals surface area contributed by atoms with Crippen LogP contribution in [0.15, 0.2) is 0 Å². The molecule has 0 heterocycles. The molecule has 0 bridgehead atoms. The summed E-state index contributed by atoms with van der Waals surface area (Å²) in [5, 5.41) is 0. The minimum Gasteiger partial charge on any atom is -0.358 e. The molecule has 1 nitrogen and oxygen atoms in total. The fraction of sp³-hybridized carbons (Fsp3) is 0.800. The van der Waals surface area contributed by atoms with Gasteiger partial charge in [0.25, 0.3) is 0 Å². The van der Waals surface area contributed by atoms with Crippen LogP contribution in [0.25, 0.3) is 0 Å². The molecule has 0 N–H and O–H groups in total. The summed E-state index contributed by atoms with van der Waals surface area (Å²) in [6.07, 6.45) is 0. The van der Waals surface area contributed by atoms with Crippen LogP contribution in [0.2, 0.25) is 0 Å². The van der Waals surface area contributed by atoms with Crippen molar-refractivity contribution in [1.82, 2.24) is 4.90 Å². The molecule has 0 saturated carbocycles. The third-order valence-electron chi connectivity index (χ3n) is 1.03. The van der Waals surface area contributed by atoms with Gasteiger partial charge in [0.15, 0.2) is 0 Å². The van der Waals surface area contributed by atoms with Gasteiger partial charge in [-0.1, -0.05) is 12.2 Å². The Kier molecular flexibility index (Phi) is 10.3. The number of rotatable bonds is 2. The summed E-state index contributed by atoms with van der Waals surface area (Å²) in [5.41, 5.74) is 0. The molecule has 0 rings (SSSR count). The summed E-state index contributed by atoms with van der Waals surface area (Å²) in [4.78, 5) is 2.01. The maximum absolute atomic E-state index is 4.81. The van der Waals surface area contributed by atoms with Crippen molar-refractivity contribution in [3.63, 3.8) is 0 Å². The van der Waals surface area contributed by atoms with Gasteiger partial charge in [0.05, 0.1) is 0 Å². The molecule has 0 aliphatic rings. The molecule has 0 saturated heterocycles. The predicted molar refractivity (Wildman–Crippen MR) is 50.3 cm³/mol. The van der Waals surface area contributed by atoms with Crippen molar-refractivity contribution in [2.45, 2.75) is 13.8 Å². The molecule has 0 amide bonds. The van der Waals surface area contributed by atoms with Crippen LogP contribution >= 0.6 is 24.8 Å². The van der Waals surface area contributed by atoms with E-state index in [-0.39, 0.29) is 26.2 Å². The first kappa shape index (κ1) is 12.8. The first-order valence-corrected chi connectivity index (χ1v) is 3.55. The van der Waals surface area contributed by atoms with E-state index >= 15 is 0 Å². The number of hydrogen-bond donors (Lipinski definition) is 1. The van der Waals surface area contributed by atoms with Crippen molar-refractivity contribution in [3.05, 3.63) is 0 Å². The van der Waals surface area contributed by atoms with E-state index < -0.39 is 0 Å². The molecule has 0 aromatic heterocycles. The second-order valence-electron chi connectivity index (χ2n) is 1.45. The fourth-order valence-corrected chi connectivity index (χ4v) is 1.04. The van der Waals surface area contributed by atoms with E-state index in [1.54, 1.807) is 0 Å². The van der Waals surface area contributed by atoms with Gasteiger partial charge in [0.1, 0.15) is 4.32 Å². The average molecular weight is 358 g/mol. The summed E-state index contributed by atoms with van der Waals surface area (Å²) in [6, 6.07) is 0. The van der Waals surface area contributed by atoms with Crippen molar-refractivity contribution in [2.75, 3.05) is 13.1 Å². The van der Waals surface area contributed by atoms with Crippen LogP contribution < -0.4 is 0 Å². The van der Waals surface area contributed by atoms with E-state index in [0.717, 1.165) is 13.1 Å². The smallest absolute Gasteiger partial charge is 0.358 e. The maximum Gasteiger partial charge on any atom is 3.00 e. The Bertz CT molecular complexity index is 83.0. The third-order valence-corrected chi connectivity index (χ3v) is 1.58. The van der Waals surface area contributed by atoms with Crippen molar-refractivity contribution < 1.29 is 0 Å². The van der Waals surface area contributed by atoms with Crippen molar-refractivity contribution in [3.8, 4) is 0 Å². The normalized spacial score (nSPS) is 7.89. The van der Waals surface area contributed by atoms with Crippen molar-refractivity contribution in [1.29, 1.82) is 0 Å². The third kappa shape index (κ3) is 5.56. The Labute approximate surface area is 86.7 Å². The van der Waals surface area contributed by atoms with Crippen molar-refractivity contribution >= 4 is 55.4 Å². The molecule has 0 unspecified atom stereocenters. The number of hydrogen-bond acceptors (Lipinski definition) is 1. The Morgan fingerprint density at radius 2 is 1.78 bits per heavy atom. The van der Waals surface area contributed by atoms with Gasteiger partial charge >= 0.3 is 26.2 Å². The van der Waals surface area contributed by atoms with Crippen LogP contribution in [-0.4, -0.2) is 48.5 Å². The molecule has 0 aromatic carbocycles. The van der Waals surface area contributed by atoms with E-state index in [1.165, 1.54) is 0 Å². The van der Waals surface area contributed by atoms with E-state index in [9.17, 15) is 0 Å². The van der Waals surface area contributed by atoms with Gasteiger partial charge in [0.2, 0.25) is 0 Å². The van der Waals surface area contributed by atoms with Gasteiger partial charge in [-0.2, -0.15) is 0 Å². The molecule has 0 aliphatic carbocycles. The Morgan fingerprint density at radius 1 is 1.44 bits per heavy atom. The SMILES string of the molecule is CCN(CC)C(=S)S.[Bi+3]. The minimum atomic E-state index is 0. The molecule has 0 aromatic rings. The topological polar surface area (TPSA) is 3.24 Å². The van der Waals surface area contributed by atoms with Gasteiger partial charge in [-0.15, -0.1) is 12.6 Å². The first-order valence-electron chi connectivity index (χ1n) is 2.70. The quantitative estimate of drug-likeness (QED) is 0.449. The fourth-order valence-electron chi connectivity index (χ4n) is 0.494. The molecule has 2 radical (unpaired) electrons. The van der Waals surface area contributed by atoms with Crippen LogP contribution in [0, 0.1) is 0 Å². The number of thiol groups is 1. The summed E-state index contributed by atoms with van der Waals surface area (Å²) in [6.45, 7) is 6.04. The molecular weight excluding hydrogens is 347 g/mol. The van der Waals surface area contributed by atoms with E-state index in [4.69, 9.17) is 12.2 Å². The number of thiocarbonyl (C=S) groups is 1. The zero-order valence-corrected chi connectivity index (χ0v) is 10.9. The number of nitrogens with zero attached hydrogens (tertiary/aromatic N) is 1. The van der Waals surface area contributed by atoms with Crippen LogP contribution in [0.4, 0.5) is 0 Å². The zero-order chi connectivity index (χ0) is 6.57. The molecular formula is C5H11BiNS2+3. The molecule has 0 atom stereocenters. The summed E-state index contributed by atoms with van der Waals surface area (Å²) in [5.74, 6) is 0. The Hall–Kier alpha value is 1.12. The monoisotopic (exact) mass is 358 g/mol. The summed E-state index contributed by atoms with van der Waals surface area (Å²) >= 11 is 8.82. The second kappa shape index (κ2) is 7.23. The standard InChI is InChI=1S/C5H11NS2.Bi/c1-3-6(4-2)5(7)8;/h3-4H2,1-2H3,(H,7,8);/q;+3. The van der Waals surface area contributed by atoms with Crippen LogP contribution in [0.3, 0.4) is 0 Å². The predicted octanol–water partition coefficient (Wildman–Crippen LogP) is 1.16. The molecule has 0 spiro atoms. The van der Waals surface area contributed by atoms with E-state index in [0.29, 0.717) is 4.32 Å². The van der Waals surface area contributed by atoms with Gasteiger partial charge in [-0.05, 0) is 13.8 Å². The first-order chi connectivity index (χ1) is 3.72. The molecule has 0 fully saturated rings. The Morgan fingerprint density at radius 3 is 1.78 bits per heavy atom. The Balaban J connectivity index is 0. The van der Waals surface area contributed by atoms with E-state index in [2.05, 4.69) is 26.5 Å². The van der Waals surface area contributed by atoms with Crippen LogP contribution in [-0.2, 0) is 0 Å². The minimum absolute atomic E-state index is 0. The molecule has 0 aliphatic heterocycles. The molecule has 4 heteroatoms. The summed E-state index contributed by atoms with van der Waals surface area (Å²) in [7, 11) is 0. The van der Waals surface area contributed by atoms with Gasteiger partial charge in [0, 0.05) is 13.1 Å². The van der Waals surface area contributed by atoms with Crippen LogP contribution in [0.5, 0.6) is 0 Å². The van der Waals surface area contributed by atoms with Crippen LogP contribution in [0.1, 0.15) is 13.8 Å². The molecule has 9 heavy (non-hydrogen) atoms. The maximum atomic E-state index is 4.81. The van der Waals surface area contributed by atoms with E-state index in [1.807, 2.05) is 4.90 Å². The summed E-state index contributed by atoms with van der Waals surface area (Å²) < 4.78 is 0.690. The second-order valence-corrected chi connectivity index (χ2v) is 2.57. The zero-order valence-electron chi connectivity index (χ0n) is 5.66. The van der Waals surface area contributed by atoms with Gasteiger partial charge in [-0.25, -0.2) is 0 Å².